The van der Waals surface area contributed by atoms with Crippen LogP contribution in [0.25, 0.3) is 33.3 Å². The lowest BCUT2D eigenvalue weighted by Gasteiger charge is -2.09. The summed E-state index contributed by atoms with van der Waals surface area (Å²) in [6.45, 7) is 1.81. The molecule has 0 atom stereocenters. The van der Waals surface area contributed by atoms with Crippen molar-refractivity contribution in [1.29, 1.82) is 0 Å². The van der Waals surface area contributed by atoms with Gasteiger partial charge in [-0.1, -0.05) is 6.07 Å². The van der Waals surface area contributed by atoms with Crippen LogP contribution in [-0.2, 0) is 0 Å². The SMILES string of the molecule is Cc1oc2cc(Oc3ccnc4cc(-c5ncccn5)ccc34)ccc2c1C(=O)NC1CC1. The van der Waals surface area contributed by atoms with Crippen LogP contribution in [0.15, 0.2) is 71.5 Å². The summed E-state index contributed by atoms with van der Waals surface area (Å²) in [6.07, 6.45) is 7.22. The number of amides is 1. The minimum atomic E-state index is -0.0826. The molecule has 0 saturated heterocycles. The van der Waals surface area contributed by atoms with E-state index in [-0.39, 0.29) is 5.91 Å². The molecule has 7 nitrogen and oxygen atoms in total. The molecule has 3 aromatic heterocycles. The van der Waals surface area contributed by atoms with E-state index in [9.17, 15) is 4.79 Å². The lowest BCUT2D eigenvalue weighted by atomic mass is 10.1. The molecule has 0 bridgehead atoms. The van der Waals surface area contributed by atoms with Crippen LogP contribution >= 0.6 is 0 Å². The zero-order chi connectivity index (χ0) is 22.4. The monoisotopic (exact) mass is 436 g/mol. The number of rotatable bonds is 5. The Kier molecular flexibility index (Phi) is 4.54. The summed E-state index contributed by atoms with van der Waals surface area (Å²) >= 11 is 0. The second-order valence-corrected chi connectivity index (χ2v) is 8.15. The Morgan fingerprint density at radius 2 is 1.82 bits per heavy atom. The zero-order valence-electron chi connectivity index (χ0n) is 17.9. The van der Waals surface area contributed by atoms with E-state index in [0.29, 0.717) is 40.3 Å². The predicted molar refractivity (Wildman–Crippen MR) is 124 cm³/mol. The quantitative estimate of drug-likeness (QED) is 0.395. The van der Waals surface area contributed by atoms with E-state index < -0.39 is 0 Å². The minimum absolute atomic E-state index is 0.0826. The number of aromatic nitrogens is 3. The molecule has 1 aliphatic rings. The van der Waals surface area contributed by atoms with E-state index in [4.69, 9.17) is 9.15 Å². The van der Waals surface area contributed by atoms with Crippen LogP contribution in [0.4, 0.5) is 0 Å². The van der Waals surface area contributed by atoms with Crippen molar-refractivity contribution in [3.8, 4) is 22.9 Å². The van der Waals surface area contributed by atoms with Gasteiger partial charge in [0.05, 0.1) is 11.1 Å². The average Bonchev–Trinajstić information content (AvgIpc) is 3.58. The van der Waals surface area contributed by atoms with Crippen molar-refractivity contribution in [2.45, 2.75) is 25.8 Å². The van der Waals surface area contributed by atoms with Gasteiger partial charge in [-0.2, -0.15) is 0 Å². The highest BCUT2D eigenvalue weighted by atomic mass is 16.5. The van der Waals surface area contributed by atoms with Gasteiger partial charge in [0.25, 0.3) is 5.91 Å². The maximum Gasteiger partial charge on any atom is 0.255 e. The summed E-state index contributed by atoms with van der Waals surface area (Å²) < 4.78 is 12.1. The number of nitrogens with one attached hydrogen (secondary N) is 1. The number of nitrogens with zero attached hydrogens (tertiary/aromatic N) is 3. The molecule has 33 heavy (non-hydrogen) atoms. The molecule has 1 aliphatic carbocycles. The van der Waals surface area contributed by atoms with Gasteiger partial charge in [-0.3, -0.25) is 9.78 Å². The summed E-state index contributed by atoms with van der Waals surface area (Å²) in [6, 6.07) is 15.3. The number of pyridine rings is 1. The third-order valence-electron chi connectivity index (χ3n) is 5.73. The first-order valence-corrected chi connectivity index (χ1v) is 10.8. The van der Waals surface area contributed by atoms with Crippen LogP contribution in [0.5, 0.6) is 11.5 Å². The standard InChI is InChI=1S/C26H20N4O3/c1-15-24(26(31)30-17-4-5-17)20-8-6-18(14-23(20)32-15)33-22-9-12-27-21-13-16(3-7-19(21)22)25-28-10-2-11-29-25/h2-3,6-14,17H,4-5H2,1H3,(H,30,31). The predicted octanol–water partition coefficient (Wildman–Crippen LogP) is 5.43. The van der Waals surface area contributed by atoms with E-state index in [2.05, 4.69) is 20.3 Å². The summed E-state index contributed by atoms with van der Waals surface area (Å²) in [5.41, 5.74) is 2.88. The number of hydrogen-bond acceptors (Lipinski definition) is 6. The van der Waals surface area contributed by atoms with Gasteiger partial charge in [-0.15, -0.1) is 0 Å². The van der Waals surface area contributed by atoms with Gasteiger partial charge in [-0.05, 0) is 56.2 Å². The van der Waals surface area contributed by atoms with Crippen molar-refractivity contribution in [2.24, 2.45) is 0 Å². The van der Waals surface area contributed by atoms with Gasteiger partial charge in [0, 0.05) is 47.0 Å². The molecule has 5 aromatic rings. The Balaban J connectivity index is 1.32. The van der Waals surface area contributed by atoms with Gasteiger partial charge in [0.1, 0.15) is 22.8 Å². The van der Waals surface area contributed by atoms with Crippen molar-refractivity contribution in [3.63, 3.8) is 0 Å². The lowest BCUT2D eigenvalue weighted by Crippen LogP contribution is -2.25. The molecule has 1 N–H and O–H groups in total. The molecule has 1 saturated carbocycles. The van der Waals surface area contributed by atoms with Crippen LogP contribution < -0.4 is 10.1 Å². The second-order valence-electron chi connectivity index (χ2n) is 8.15. The van der Waals surface area contributed by atoms with Gasteiger partial charge in [-0.25, -0.2) is 9.97 Å². The average molecular weight is 436 g/mol. The highest BCUT2D eigenvalue weighted by Gasteiger charge is 2.27. The number of ether oxygens (including phenoxy) is 1. The van der Waals surface area contributed by atoms with Crippen LogP contribution in [0.3, 0.4) is 0 Å². The molecule has 0 radical (unpaired) electrons. The topological polar surface area (TPSA) is 90.1 Å². The molecule has 1 fully saturated rings. The Morgan fingerprint density at radius 3 is 2.64 bits per heavy atom. The number of furan rings is 1. The van der Waals surface area contributed by atoms with Crippen molar-refractivity contribution >= 4 is 27.8 Å². The highest BCUT2D eigenvalue weighted by molar-refractivity contribution is 6.07. The maximum absolute atomic E-state index is 12.6. The van der Waals surface area contributed by atoms with Gasteiger partial charge < -0.3 is 14.5 Å². The highest BCUT2D eigenvalue weighted by Crippen LogP contribution is 2.34. The maximum atomic E-state index is 12.6. The molecule has 1 amide bonds. The zero-order valence-corrected chi connectivity index (χ0v) is 17.9. The molecule has 0 spiro atoms. The van der Waals surface area contributed by atoms with Crippen LogP contribution in [0.1, 0.15) is 29.0 Å². The number of fused-ring (bicyclic) bond motifs is 2. The molecule has 0 aliphatic heterocycles. The van der Waals surface area contributed by atoms with Crippen LogP contribution in [-0.4, -0.2) is 26.9 Å². The lowest BCUT2D eigenvalue weighted by molar-refractivity contribution is 0.0951. The summed E-state index contributed by atoms with van der Waals surface area (Å²) in [5.74, 6) is 2.46. The summed E-state index contributed by atoms with van der Waals surface area (Å²) in [7, 11) is 0. The van der Waals surface area contributed by atoms with Crippen molar-refractivity contribution < 1.29 is 13.9 Å². The normalized spacial score (nSPS) is 13.4. The first-order valence-electron chi connectivity index (χ1n) is 10.8. The fraction of sp³-hybridized carbons (Fsp3) is 0.154. The molecule has 162 valence electrons. The second kappa shape index (κ2) is 7.70. The van der Waals surface area contributed by atoms with Crippen LogP contribution in [0.2, 0.25) is 0 Å². The number of benzene rings is 2. The van der Waals surface area contributed by atoms with E-state index in [1.54, 1.807) is 24.7 Å². The molecule has 0 unspecified atom stereocenters. The largest absolute Gasteiger partial charge is 0.460 e. The van der Waals surface area contributed by atoms with Gasteiger partial charge in [0.2, 0.25) is 0 Å². The summed E-state index contributed by atoms with van der Waals surface area (Å²) in [5, 5.41) is 4.69. The molecule has 2 aromatic carbocycles. The first kappa shape index (κ1) is 19.4. The van der Waals surface area contributed by atoms with Gasteiger partial charge >= 0.3 is 0 Å². The van der Waals surface area contributed by atoms with E-state index in [1.807, 2.05) is 49.4 Å². The number of carbonyl (C=O) groups excluding carboxylic acids is 1. The number of aryl methyl sites for hydroxylation is 1. The van der Waals surface area contributed by atoms with Crippen molar-refractivity contribution in [2.75, 3.05) is 0 Å². The molecule has 6 rings (SSSR count). The Morgan fingerprint density at radius 1 is 1.00 bits per heavy atom. The van der Waals surface area contributed by atoms with Crippen molar-refractivity contribution in [1.82, 2.24) is 20.3 Å². The fourth-order valence-electron chi connectivity index (χ4n) is 3.96. The van der Waals surface area contributed by atoms with E-state index in [1.165, 1.54) is 0 Å². The van der Waals surface area contributed by atoms with E-state index >= 15 is 0 Å². The first-order chi connectivity index (χ1) is 16.2. The Bertz CT molecular complexity index is 1510. The van der Waals surface area contributed by atoms with Crippen molar-refractivity contribution in [3.05, 3.63) is 78.4 Å². The molecular formula is C26H20N4O3. The fourth-order valence-corrected chi connectivity index (χ4v) is 3.96. The third kappa shape index (κ3) is 3.67. The molecule has 3 heterocycles. The number of carbonyl (C=O) groups is 1. The van der Waals surface area contributed by atoms with Crippen LogP contribution in [0, 0.1) is 6.92 Å². The van der Waals surface area contributed by atoms with Gasteiger partial charge in [0.15, 0.2) is 5.82 Å². The minimum Gasteiger partial charge on any atom is -0.460 e. The Hall–Kier alpha value is -4.26. The van der Waals surface area contributed by atoms with E-state index in [0.717, 1.165) is 34.7 Å². The third-order valence-corrected chi connectivity index (χ3v) is 5.73. The molecular weight excluding hydrogens is 416 g/mol. The molecule has 7 heteroatoms. The number of hydrogen-bond donors (Lipinski definition) is 1. The summed E-state index contributed by atoms with van der Waals surface area (Å²) in [4.78, 5) is 25.7. The Labute approximate surface area is 189 Å². The smallest absolute Gasteiger partial charge is 0.255 e.